The molecule has 4 aliphatic rings. The molecule has 11 atom stereocenters. The molecule has 0 aliphatic heterocycles. The number of ether oxygens (including phenoxy) is 6. The van der Waals surface area contributed by atoms with Gasteiger partial charge in [0.05, 0.1) is 51.2 Å². The first-order valence-corrected chi connectivity index (χ1v) is 19.1. The molecule has 0 aromatic rings. The highest BCUT2D eigenvalue weighted by Gasteiger charge is 2.63. The lowest BCUT2D eigenvalue weighted by Crippen LogP contribution is -2.59. The molecule has 4 aliphatic carbocycles. The Labute approximate surface area is 290 Å². The van der Waals surface area contributed by atoms with E-state index < -0.39 is 11.7 Å². The molecular weight excluding hydrogens is 612 g/mol. The Hall–Kier alpha value is -1.26. The van der Waals surface area contributed by atoms with E-state index in [-0.39, 0.29) is 35.0 Å². The van der Waals surface area contributed by atoms with Crippen LogP contribution in [0.4, 0.5) is 0 Å². The normalized spacial score (nSPS) is 36.0. The van der Waals surface area contributed by atoms with Gasteiger partial charge >= 0.3 is 11.9 Å². The maximum atomic E-state index is 12.9. The smallest absolute Gasteiger partial charge is 0.311 e. The molecule has 4 saturated carbocycles. The maximum Gasteiger partial charge on any atom is 0.311 e. The fourth-order valence-corrected chi connectivity index (χ4v) is 10.3. The van der Waals surface area contributed by atoms with Gasteiger partial charge in [0.1, 0.15) is 6.10 Å². The van der Waals surface area contributed by atoms with E-state index in [0.29, 0.717) is 81.6 Å². The summed E-state index contributed by atoms with van der Waals surface area (Å²) in [6, 6.07) is 0. The predicted octanol–water partition coefficient (Wildman–Crippen LogP) is 6.97. The summed E-state index contributed by atoms with van der Waals surface area (Å²) in [6.07, 6.45) is 9.36. The van der Waals surface area contributed by atoms with Crippen molar-refractivity contribution in [2.45, 2.75) is 138 Å². The van der Waals surface area contributed by atoms with Crippen molar-refractivity contribution in [3.63, 3.8) is 0 Å². The quantitative estimate of drug-likeness (QED) is 0.0933. The highest BCUT2D eigenvalue weighted by Crippen LogP contribution is 2.68. The molecule has 0 aromatic heterocycles. The summed E-state index contributed by atoms with van der Waals surface area (Å²) in [4.78, 5) is 25.6. The van der Waals surface area contributed by atoms with Gasteiger partial charge in [-0.2, -0.15) is 0 Å². The highest BCUT2D eigenvalue weighted by atomic mass is 16.7. The molecular formula is C39H68O9. The van der Waals surface area contributed by atoms with Gasteiger partial charge < -0.3 is 33.5 Å². The van der Waals surface area contributed by atoms with Crippen molar-refractivity contribution < 1.29 is 43.1 Å². The highest BCUT2D eigenvalue weighted by molar-refractivity contribution is 5.76. The number of methoxy groups -OCH3 is 1. The lowest BCUT2D eigenvalue weighted by Gasteiger charge is -2.62. The van der Waals surface area contributed by atoms with Crippen LogP contribution < -0.4 is 0 Å². The predicted molar refractivity (Wildman–Crippen MR) is 184 cm³/mol. The summed E-state index contributed by atoms with van der Waals surface area (Å²) in [5.74, 6) is 2.39. The second-order valence-electron chi connectivity index (χ2n) is 16.7. The Bertz CT molecular complexity index is 1030. The van der Waals surface area contributed by atoms with Crippen LogP contribution in [0.2, 0.25) is 0 Å². The Morgan fingerprint density at radius 2 is 1.52 bits per heavy atom. The molecule has 9 nitrogen and oxygen atoms in total. The zero-order chi connectivity index (χ0) is 35.1. The fraction of sp³-hybridized carbons (Fsp3) is 0.949. The molecule has 1 N–H and O–H groups in total. The lowest BCUT2D eigenvalue weighted by molar-refractivity contribution is -0.187. The van der Waals surface area contributed by atoms with Crippen molar-refractivity contribution in [2.75, 3.05) is 46.8 Å². The standard InChI is InChI=1S/C39H68O9/c1-9-37(4,5)36(42)48-29-14-16-38(6)28(24-29)25-33(40)35-31-12-11-30(39(31,7)17-15-32(35)38)26(2)10-13-34(41)47-27(3)46-23-22-45-21-20-44-19-18-43-8/h26-33,35,40H,9-25H2,1-8H3. The largest absolute Gasteiger partial charge is 0.462 e. The van der Waals surface area contributed by atoms with E-state index in [0.717, 1.165) is 57.8 Å². The third kappa shape index (κ3) is 9.15. The average molecular weight is 681 g/mol. The Morgan fingerprint density at radius 3 is 2.21 bits per heavy atom. The molecule has 4 rings (SSSR count). The second kappa shape index (κ2) is 17.3. The Balaban J connectivity index is 1.23. The SMILES string of the molecule is CCC(C)(C)C(=O)OC1CCC2(C)C(C1)CC(O)C1C2CCC2(C)C(C(C)CCC(=O)OC(C)OCCOCCOCCOC)CCC12. The molecule has 0 radical (unpaired) electrons. The molecule has 11 unspecified atom stereocenters. The molecule has 0 heterocycles. The minimum atomic E-state index is -0.610. The summed E-state index contributed by atoms with van der Waals surface area (Å²) in [6.45, 7) is 17.9. The monoisotopic (exact) mass is 680 g/mol. The van der Waals surface area contributed by atoms with E-state index in [9.17, 15) is 14.7 Å². The third-order valence-corrected chi connectivity index (χ3v) is 13.6. The molecule has 4 fully saturated rings. The van der Waals surface area contributed by atoms with Crippen molar-refractivity contribution in [3.05, 3.63) is 0 Å². The zero-order valence-electron chi connectivity index (χ0n) is 31.4. The first-order valence-electron chi connectivity index (χ1n) is 19.1. The number of hydrogen-bond donors (Lipinski definition) is 1. The molecule has 0 spiro atoms. The number of aliphatic hydroxyl groups excluding tert-OH is 1. The van der Waals surface area contributed by atoms with Crippen molar-refractivity contribution in [3.8, 4) is 0 Å². The van der Waals surface area contributed by atoms with Crippen LogP contribution in [0.25, 0.3) is 0 Å². The number of fused-ring (bicyclic) bond motifs is 5. The number of carbonyl (C=O) groups is 2. The van der Waals surface area contributed by atoms with Crippen molar-refractivity contribution in [2.24, 2.45) is 51.8 Å². The summed E-state index contributed by atoms with van der Waals surface area (Å²) < 4.78 is 33.0. The average Bonchev–Trinajstić information content (AvgIpc) is 3.40. The van der Waals surface area contributed by atoms with Gasteiger partial charge in [-0.1, -0.05) is 27.7 Å². The van der Waals surface area contributed by atoms with Gasteiger partial charge in [0, 0.05) is 13.5 Å². The van der Waals surface area contributed by atoms with Gasteiger partial charge in [0.15, 0.2) is 6.29 Å². The summed E-state index contributed by atoms with van der Waals surface area (Å²) >= 11 is 0. The molecule has 0 amide bonds. The molecule has 278 valence electrons. The maximum absolute atomic E-state index is 12.9. The van der Waals surface area contributed by atoms with Gasteiger partial charge in [-0.05, 0) is 131 Å². The van der Waals surface area contributed by atoms with E-state index >= 15 is 0 Å². The molecule has 9 heteroatoms. The van der Waals surface area contributed by atoms with Crippen LogP contribution in [0.1, 0.15) is 119 Å². The van der Waals surface area contributed by atoms with E-state index in [1.807, 2.05) is 20.8 Å². The first kappa shape index (κ1) is 39.5. The first-order chi connectivity index (χ1) is 22.8. The van der Waals surface area contributed by atoms with Gasteiger partial charge in [0.25, 0.3) is 0 Å². The second-order valence-corrected chi connectivity index (χ2v) is 16.7. The topological polar surface area (TPSA) is 110 Å². The number of rotatable bonds is 18. The van der Waals surface area contributed by atoms with E-state index in [4.69, 9.17) is 28.4 Å². The summed E-state index contributed by atoms with van der Waals surface area (Å²) in [5.41, 5.74) is -0.0882. The molecule has 0 saturated heterocycles. The summed E-state index contributed by atoms with van der Waals surface area (Å²) in [7, 11) is 1.64. The molecule has 0 bridgehead atoms. The number of aliphatic hydroxyl groups is 1. The van der Waals surface area contributed by atoms with Crippen LogP contribution in [-0.4, -0.2) is 82.3 Å². The third-order valence-electron chi connectivity index (χ3n) is 13.6. The fourth-order valence-electron chi connectivity index (χ4n) is 10.3. The van der Waals surface area contributed by atoms with Crippen LogP contribution >= 0.6 is 0 Å². The lowest BCUT2D eigenvalue weighted by atomic mass is 9.43. The van der Waals surface area contributed by atoms with Crippen molar-refractivity contribution >= 4 is 11.9 Å². The van der Waals surface area contributed by atoms with Crippen LogP contribution in [0.3, 0.4) is 0 Å². The summed E-state index contributed by atoms with van der Waals surface area (Å²) in [5, 5.41) is 11.8. The van der Waals surface area contributed by atoms with Crippen LogP contribution in [0.5, 0.6) is 0 Å². The molecule has 48 heavy (non-hydrogen) atoms. The van der Waals surface area contributed by atoms with Gasteiger partial charge in [0.2, 0.25) is 0 Å². The van der Waals surface area contributed by atoms with E-state index in [1.54, 1.807) is 14.0 Å². The number of esters is 2. The van der Waals surface area contributed by atoms with Crippen molar-refractivity contribution in [1.82, 2.24) is 0 Å². The van der Waals surface area contributed by atoms with Gasteiger partial charge in [-0.15, -0.1) is 0 Å². The van der Waals surface area contributed by atoms with Crippen LogP contribution in [0, 0.1) is 51.8 Å². The van der Waals surface area contributed by atoms with Crippen LogP contribution in [0.15, 0.2) is 0 Å². The minimum absolute atomic E-state index is 0.0343. The Morgan fingerprint density at radius 1 is 0.875 bits per heavy atom. The number of hydrogen-bond acceptors (Lipinski definition) is 9. The van der Waals surface area contributed by atoms with Crippen LogP contribution in [-0.2, 0) is 38.0 Å². The zero-order valence-corrected chi connectivity index (χ0v) is 31.4. The van der Waals surface area contributed by atoms with Gasteiger partial charge in [-0.3, -0.25) is 9.59 Å². The number of carbonyl (C=O) groups excluding carboxylic acids is 2. The molecule has 0 aromatic carbocycles. The van der Waals surface area contributed by atoms with Crippen molar-refractivity contribution in [1.29, 1.82) is 0 Å². The van der Waals surface area contributed by atoms with Gasteiger partial charge in [-0.25, -0.2) is 0 Å². The minimum Gasteiger partial charge on any atom is -0.462 e. The Kier molecular flexibility index (Phi) is 14.2. The van der Waals surface area contributed by atoms with E-state index in [2.05, 4.69) is 20.8 Å². The van der Waals surface area contributed by atoms with E-state index in [1.165, 1.54) is 6.42 Å².